The van der Waals surface area contributed by atoms with E-state index in [1.54, 1.807) is 0 Å². The Labute approximate surface area is 55.1 Å². The number of hydrogen-bond donors (Lipinski definition) is 0. The summed E-state index contributed by atoms with van der Waals surface area (Å²) in [6.07, 6.45) is 1.21. The molecule has 0 aromatic heterocycles. The SMILES string of the molecule is CBC(C)(Br)CC. The van der Waals surface area contributed by atoms with Crippen LogP contribution in [0.2, 0.25) is 6.82 Å². The fourth-order valence-corrected chi connectivity index (χ4v) is 0.250. The molecule has 1 atom stereocenters. The third-order valence-electron chi connectivity index (χ3n) is 1.47. The number of hydrogen-bond acceptors (Lipinski definition) is 0. The summed E-state index contributed by atoms with van der Waals surface area (Å²) in [5.74, 6) is 0. The molecule has 1 unspecified atom stereocenters. The Bertz CT molecular complexity index is 46.0. The van der Waals surface area contributed by atoms with Gasteiger partial charge in [0.1, 0.15) is 7.28 Å². The van der Waals surface area contributed by atoms with Crippen LogP contribution >= 0.6 is 15.9 Å². The van der Waals surface area contributed by atoms with E-state index < -0.39 is 0 Å². The smallest absolute Gasteiger partial charge is 0.0951 e. The van der Waals surface area contributed by atoms with E-state index in [4.69, 9.17) is 0 Å². The highest BCUT2D eigenvalue weighted by Gasteiger charge is 2.13. The van der Waals surface area contributed by atoms with E-state index in [0.29, 0.717) is 4.22 Å². The van der Waals surface area contributed by atoms with Crippen LogP contribution in [-0.2, 0) is 0 Å². The molecule has 0 aromatic rings. The molecule has 2 heteroatoms. The minimum absolute atomic E-state index is 0.396. The summed E-state index contributed by atoms with van der Waals surface area (Å²) >= 11 is 3.58. The topological polar surface area (TPSA) is 0 Å². The van der Waals surface area contributed by atoms with Crippen molar-refractivity contribution in [1.29, 1.82) is 0 Å². The zero-order valence-corrected chi connectivity index (χ0v) is 6.88. The van der Waals surface area contributed by atoms with E-state index in [1.807, 2.05) is 0 Å². The summed E-state index contributed by atoms with van der Waals surface area (Å²) in [6.45, 7) is 6.60. The minimum atomic E-state index is 0.396. The fraction of sp³-hybridized carbons (Fsp3) is 1.00. The predicted octanol–water partition coefficient (Wildman–Crippen LogP) is 1.99. The van der Waals surface area contributed by atoms with Gasteiger partial charge in [0.05, 0.1) is 0 Å². The van der Waals surface area contributed by atoms with Crippen molar-refractivity contribution in [2.24, 2.45) is 0 Å². The van der Waals surface area contributed by atoms with Crippen molar-refractivity contribution in [3.8, 4) is 0 Å². The molecule has 0 radical (unpaired) electrons. The molecule has 42 valence electrons. The van der Waals surface area contributed by atoms with Gasteiger partial charge in [0.2, 0.25) is 0 Å². The molecule has 0 amide bonds. The molecule has 0 aliphatic rings. The van der Waals surface area contributed by atoms with Crippen LogP contribution in [0.1, 0.15) is 20.3 Å². The average molecular weight is 163 g/mol. The highest BCUT2D eigenvalue weighted by molar-refractivity contribution is 9.10. The summed E-state index contributed by atoms with van der Waals surface area (Å²) in [6, 6.07) is 0. The molecule has 0 bridgehead atoms. The minimum Gasteiger partial charge on any atom is -0.0951 e. The van der Waals surface area contributed by atoms with Crippen molar-refractivity contribution < 1.29 is 0 Å². The highest BCUT2D eigenvalue weighted by Crippen LogP contribution is 2.18. The third kappa shape index (κ3) is 3.16. The summed E-state index contributed by atoms with van der Waals surface area (Å²) in [5, 5.41) is 0. The van der Waals surface area contributed by atoms with Crippen molar-refractivity contribution >= 4 is 23.2 Å². The molecular weight excluding hydrogens is 151 g/mol. The van der Waals surface area contributed by atoms with Crippen molar-refractivity contribution in [3.05, 3.63) is 0 Å². The van der Waals surface area contributed by atoms with E-state index in [9.17, 15) is 0 Å². The summed E-state index contributed by atoms with van der Waals surface area (Å²) in [5.41, 5.74) is 0. The lowest BCUT2D eigenvalue weighted by atomic mass is 9.67. The molecule has 0 aliphatic carbocycles. The summed E-state index contributed by atoms with van der Waals surface area (Å²) in [4.78, 5) is 0. The first-order valence-electron chi connectivity index (χ1n) is 2.81. The van der Waals surface area contributed by atoms with Crippen LogP contribution in [0.4, 0.5) is 0 Å². The normalized spacial score (nSPS) is 18.3. The maximum Gasteiger partial charge on any atom is 0.138 e. The standard InChI is InChI=1S/C5H12BBr/c1-4-5(2,7)6-3/h6H,4H2,1-3H3. The molecule has 0 N–H and O–H groups in total. The Balaban J connectivity index is 3.36. The summed E-state index contributed by atoms with van der Waals surface area (Å²) in [7, 11) is 1.21. The van der Waals surface area contributed by atoms with E-state index in [-0.39, 0.29) is 0 Å². The monoisotopic (exact) mass is 162 g/mol. The first-order valence-corrected chi connectivity index (χ1v) is 3.60. The predicted molar refractivity (Wildman–Crippen MR) is 40.6 cm³/mol. The Hall–Kier alpha value is 0.545. The zero-order chi connectivity index (χ0) is 5.91. The highest BCUT2D eigenvalue weighted by atomic mass is 79.9. The van der Waals surface area contributed by atoms with Crippen LogP contribution in [-0.4, -0.2) is 11.5 Å². The first-order chi connectivity index (χ1) is 3.12. The van der Waals surface area contributed by atoms with Crippen LogP contribution in [0.3, 0.4) is 0 Å². The van der Waals surface area contributed by atoms with Crippen molar-refractivity contribution in [3.63, 3.8) is 0 Å². The molecule has 0 aliphatic heterocycles. The molecule has 7 heavy (non-hydrogen) atoms. The van der Waals surface area contributed by atoms with E-state index in [2.05, 4.69) is 36.6 Å². The van der Waals surface area contributed by atoms with Crippen LogP contribution in [0.5, 0.6) is 0 Å². The largest absolute Gasteiger partial charge is 0.138 e. The van der Waals surface area contributed by atoms with Crippen molar-refractivity contribution in [1.82, 2.24) is 0 Å². The second-order valence-corrected chi connectivity index (χ2v) is 4.03. The maximum absolute atomic E-state index is 3.58. The van der Waals surface area contributed by atoms with Gasteiger partial charge in [-0.05, 0) is 10.6 Å². The Morgan fingerprint density at radius 2 is 2.14 bits per heavy atom. The summed E-state index contributed by atoms with van der Waals surface area (Å²) < 4.78 is 0.396. The van der Waals surface area contributed by atoms with Gasteiger partial charge in [0.25, 0.3) is 0 Å². The molecule has 0 aromatic carbocycles. The Morgan fingerprint density at radius 3 is 2.14 bits per heavy atom. The Morgan fingerprint density at radius 1 is 1.71 bits per heavy atom. The average Bonchev–Trinajstić information content (AvgIpc) is 1.68. The van der Waals surface area contributed by atoms with E-state index >= 15 is 0 Å². The van der Waals surface area contributed by atoms with Crippen LogP contribution < -0.4 is 0 Å². The lowest BCUT2D eigenvalue weighted by Crippen LogP contribution is -2.20. The van der Waals surface area contributed by atoms with Gasteiger partial charge >= 0.3 is 0 Å². The van der Waals surface area contributed by atoms with Gasteiger partial charge in [-0.2, -0.15) is 0 Å². The van der Waals surface area contributed by atoms with Crippen LogP contribution in [0.15, 0.2) is 0 Å². The Kier molecular flexibility index (Phi) is 2.97. The van der Waals surface area contributed by atoms with Crippen LogP contribution in [0.25, 0.3) is 0 Å². The zero-order valence-electron chi connectivity index (χ0n) is 5.29. The fourth-order valence-electron chi connectivity index (χ4n) is 0.250. The lowest BCUT2D eigenvalue weighted by Gasteiger charge is -2.14. The van der Waals surface area contributed by atoms with Crippen molar-refractivity contribution in [2.45, 2.75) is 31.3 Å². The second kappa shape index (κ2) is 2.76. The maximum atomic E-state index is 3.58. The molecular formula is C5H12BBr. The quantitative estimate of drug-likeness (QED) is 0.431. The van der Waals surface area contributed by atoms with Gasteiger partial charge < -0.3 is 0 Å². The molecule has 0 nitrogen and oxygen atoms in total. The lowest BCUT2D eigenvalue weighted by molar-refractivity contribution is 0.839. The van der Waals surface area contributed by atoms with Gasteiger partial charge in [0, 0.05) is 0 Å². The van der Waals surface area contributed by atoms with Crippen LogP contribution in [0, 0.1) is 0 Å². The number of rotatable bonds is 2. The molecule has 0 fully saturated rings. The van der Waals surface area contributed by atoms with Crippen molar-refractivity contribution in [2.75, 3.05) is 0 Å². The van der Waals surface area contributed by atoms with Gasteiger partial charge in [-0.15, -0.1) is 0 Å². The third-order valence-corrected chi connectivity index (χ3v) is 2.60. The van der Waals surface area contributed by atoms with E-state index in [1.165, 1.54) is 13.7 Å². The van der Waals surface area contributed by atoms with Gasteiger partial charge in [-0.25, -0.2) is 0 Å². The molecule has 0 rings (SSSR count). The van der Waals surface area contributed by atoms with Gasteiger partial charge in [-0.3, -0.25) is 0 Å². The molecule has 0 saturated heterocycles. The number of alkyl halides is 1. The molecule has 0 heterocycles. The molecule has 0 saturated carbocycles. The number of halogens is 1. The first kappa shape index (κ1) is 7.54. The second-order valence-electron chi connectivity index (χ2n) is 2.12. The molecule has 0 spiro atoms. The van der Waals surface area contributed by atoms with Gasteiger partial charge in [-0.1, -0.05) is 36.6 Å². The van der Waals surface area contributed by atoms with Gasteiger partial charge in [0.15, 0.2) is 0 Å². The van der Waals surface area contributed by atoms with E-state index in [0.717, 1.165) is 0 Å².